The molecule has 0 aliphatic carbocycles. The third kappa shape index (κ3) is 16.4. The van der Waals surface area contributed by atoms with Gasteiger partial charge in [0.25, 0.3) is 7.37 Å². The van der Waals surface area contributed by atoms with Crippen molar-refractivity contribution in [2.24, 2.45) is 23.7 Å². The van der Waals surface area contributed by atoms with Crippen molar-refractivity contribution in [2.75, 3.05) is 34.2 Å². The van der Waals surface area contributed by atoms with Crippen LogP contribution in [-0.4, -0.2) is 120 Å². The molecular weight excluding hydrogens is 525 g/mol. The van der Waals surface area contributed by atoms with E-state index in [2.05, 4.69) is 76.7 Å². The molecule has 0 fully saturated rings. The van der Waals surface area contributed by atoms with Gasteiger partial charge in [0.05, 0.1) is 13.8 Å². The molecule has 0 aliphatic rings. The zero-order valence-electron chi connectivity index (χ0n) is 27.5. The lowest BCUT2D eigenvalue weighted by Crippen LogP contribution is -2.48. The number of nitrogens with one attached hydrogen (secondary N) is 4. The van der Waals surface area contributed by atoms with Crippen LogP contribution >= 0.6 is 0 Å². The maximum absolute atomic E-state index is 9.68. The third-order valence-corrected chi connectivity index (χ3v) is 8.84. The highest BCUT2D eigenvalue weighted by Crippen LogP contribution is 2.20. The largest absolute Gasteiger partial charge is 0.445 e. The molecule has 11 nitrogen and oxygen atoms in total. The van der Waals surface area contributed by atoms with E-state index in [0.29, 0.717) is 30.5 Å². The summed E-state index contributed by atoms with van der Waals surface area (Å²) in [4.78, 5) is 0. The van der Waals surface area contributed by atoms with Crippen LogP contribution < -0.4 is 21.3 Å². The molecule has 0 aromatic heterocycles. The highest BCUT2D eigenvalue weighted by Gasteiger charge is 2.26. The first-order chi connectivity index (χ1) is 19.2. The Morgan fingerprint density at radius 3 is 1.85 bits per heavy atom. The topological polar surface area (TPSA) is 146 Å². The fraction of sp³-hybridized carbons (Fsp3) is 1.00. The highest BCUT2D eigenvalue weighted by atomic mass is 16.7. The van der Waals surface area contributed by atoms with Gasteiger partial charge in [0.15, 0.2) is 6.29 Å². The lowest BCUT2D eigenvalue weighted by Gasteiger charge is -2.31. The summed E-state index contributed by atoms with van der Waals surface area (Å²) in [5, 5.41) is 41.6. The van der Waals surface area contributed by atoms with Crippen molar-refractivity contribution in [3.8, 4) is 0 Å². The zero-order chi connectivity index (χ0) is 31.7. The maximum atomic E-state index is 9.68. The second kappa shape index (κ2) is 22.3. The van der Waals surface area contributed by atoms with E-state index in [0.717, 1.165) is 13.0 Å². The minimum absolute atomic E-state index is 0.141. The number of aliphatic hydroxyl groups excluding tert-OH is 3. The van der Waals surface area contributed by atoms with Crippen LogP contribution in [0.4, 0.5) is 0 Å². The van der Waals surface area contributed by atoms with Crippen molar-refractivity contribution < 1.29 is 34.1 Å². The summed E-state index contributed by atoms with van der Waals surface area (Å²) in [6, 6.07) is 0.942. The fourth-order valence-corrected chi connectivity index (χ4v) is 4.15. The van der Waals surface area contributed by atoms with Crippen molar-refractivity contribution >= 4 is 21.8 Å². The Hall–Kier alpha value is -0.245. The van der Waals surface area contributed by atoms with Gasteiger partial charge in [-0.3, -0.25) is 5.32 Å². The van der Waals surface area contributed by atoms with Gasteiger partial charge in [0.2, 0.25) is 6.70 Å². The Kier molecular flexibility index (Phi) is 22.2. The Morgan fingerprint density at radius 1 is 0.756 bits per heavy atom. The summed E-state index contributed by atoms with van der Waals surface area (Å²) in [5.74, 6) is 1.72. The lowest BCUT2D eigenvalue weighted by atomic mass is 9.28. The molecule has 0 saturated heterocycles. The second-order valence-electron chi connectivity index (χ2n) is 11.7. The summed E-state index contributed by atoms with van der Waals surface area (Å²) >= 11 is 0. The smallest absolute Gasteiger partial charge is 0.278 e. The summed E-state index contributed by atoms with van der Waals surface area (Å²) in [6.45, 7) is 19.7. The number of aliphatic hydroxyl groups is 3. The van der Waals surface area contributed by atoms with E-state index in [9.17, 15) is 15.3 Å². The summed E-state index contributed by atoms with van der Waals surface area (Å²) in [7, 11) is 10.7. The van der Waals surface area contributed by atoms with Gasteiger partial charge in [0.1, 0.15) is 19.1 Å². The van der Waals surface area contributed by atoms with Gasteiger partial charge in [-0.25, -0.2) is 0 Å². The summed E-state index contributed by atoms with van der Waals surface area (Å²) in [6.07, 6.45) is -3.43. The molecular formula is C27H60B3N4O7. The molecule has 0 heterocycles. The van der Waals surface area contributed by atoms with E-state index in [1.165, 1.54) is 14.4 Å². The molecule has 0 bridgehead atoms. The van der Waals surface area contributed by atoms with Gasteiger partial charge in [-0.1, -0.05) is 27.7 Å². The van der Waals surface area contributed by atoms with Crippen molar-refractivity contribution in [1.29, 1.82) is 0 Å². The lowest BCUT2D eigenvalue weighted by molar-refractivity contribution is -0.214. The number of hydrogen-bond donors (Lipinski definition) is 7. The fourth-order valence-electron chi connectivity index (χ4n) is 4.15. The van der Waals surface area contributed by atoms with E-state index in [1.54, 1.807) is 0 Å². The number of rotatable bonds is 25. The molecule has 0 aliphatic heterocycles. The molecule has 7 N–H and O–H groups in total. The molecule has 14 heteroatoms. The van der Waals surface area contributed by atoms with Gasteiger partial charge in [-0.05, 0) is 78.8 Å². The highest BCUT2D eigenvalue weighted by molar-refractivity contribution is 7.30. The van der Waals surface area contributed by atoms with Crippen molar-refractivity contribution in [2.45, 2.75) is 118 Å². The van der Waals surface area contributed by atoms with Crippen LogP contribution in [0.15, 0.2) is 0 Å². The summed E-state index contributed by atoms with van der Waals surface area (Å²) in [5.41, 5.74) is 0. The van der Waals surface area contributed by atoms with Crippen LogP contribution in [0.3, 0.4) is 0 Å². The van der Waals surface area contributed by atoms with E-state index in [1.807, 2.05) is 14.0 Å². The molecule has 12 unspecified atom stereocenters. The molecule has 0 aromatic carbocycles. The van der Waals surface area contributed by atoms with E-state index in [4.69, 9.17) is 26.5 Å². The van der Waals surface area contributed by atoms with Gasteiger partial charge < -0.3 is 50.1 Å². The number of likely N-dealkylation sites (N-methyl/N-ethyl adjacent to an activating group) is 1. The molecule has 0 aromatic rings. The second-order valence-corrected chi connectivity index (χ2v) is 11.7. The quantitative estimate of drug-likeness (QED) is 0.0585. The standard InChI is InChI=1S/C27H60B3N4O7/c1-16(17(2)20(5)31-10)12-13-38-23(8)18(3)21(6)33-14-34-22(7)19(4)24(9)41-29-30(28)40-15-39-27(37)25(35)26(36)32-11/h16-27,31-37H,12-15H2,1-11H3. The molecule has 41 heavy (non-hydrogen) atoms. The minimum Gasteiger partial charge on any atom is -0.445 e. The van der Waals surface area contributed by atoms with Crippen LogP contribution in [0, 0.1) is 23.7 Å². The Balaban J connectivity index is 4.26. The van der Waals surface area contributed by atoms with E-state index in [-0.39, 0.29) is 30.2 Å². The van der Waals surface area contributed by atoms with Crippen LogP contribution in [0.25, 0.3) is 0 Å². The zero-order valence-corrected chi connectivity index (χ0v) is 27.5. The van der Waals surface area contributed by atoms with Crippen LogP contribution in [0.1, 0.15) is 68.7 Å². The molecule has 12 atom stereocenters. The first kappa shape index (κ1) is 40.8. The van der Waals surface area contributed by atoms with E-state index >= 15 is 0 Å². The predicted octanol–water partition coefficient (Wildman–Crippen LogP) is 0.233. The molecule has 0 spiro atoms. The van der Waals surface area contributed by atoms with Gasteiger partial charge >= 0.3 is 0 Å². The van der Waals surface area contributed by atoms with Crippen molar-refractivity contribution in [3.05, 3.63) is 0 Å². The minimum atomic E-state index is -1.64. The molecule has 239 valence electrons. The molecule has 0 amide bonds. The third-order valence-electron chi connectivity index (χ3n) is 8.84. The van der Waals surface area contributed by atoms with Crippen LogP contribution in [0.5, 0.6) is 0 Å². The van der Waals surface area contributed by atoms with Crippen LogP contribution in [-0.2, 0) is 18.8 Å². The Morgan fingerprint density at radius 2 is 1.32 bits per heavy atom. The monoisotopic (exact) mass is 585 g/mol. The van der Waals surface area contributed by atoms with Crippen molar-refractivity contribution in [1.82, 2.24) is 21.3 Å². The number of ether oxygens (including phenoxy) is 2. The van der Waals surface area contributed by atoms with Gasteiger partial charge in [-0.2, -0.15) is 0 Å². The first-order valence-corrected chi connectivity index (χ1v) is 15.1. The van der Waals surface area contributed by atoms with Gasteiger partial charge in [0, 0.05) is 37.5 Å². The average Bonchev–Trinajstić information content (AvgIpc) is 2.96. The number of hydrogen-bond acceptors (Lipinski definition) is 11. The average molecular weight is 585 g/mol. The normalized spacial score (nSPS) is 21.0. The predicted molar refractivity (Wildman–Crippen MR) is 167 cm³/mol. The maximum Gasteiger partial charge on any atom is 0.278 e. The molecule has 0 rings (SSSR count). The van der Waals surface area contributed by atoms with E-state index < -0.39 is 32.1 Å². The molecule has 0 saturated carbocycles. The van der Waals surface area contributed by atoms with Crippen LogP contribution in [0.2, 0.25) is 0 Å². The Labute approximate surface area is 252 Å². The SMILES string of the molecule is [B]B([B]OC(C)C(C)C(C)NCNC(C)C(C)C(C)OCCC(C)C(C)C(C)NC)OCOC(O)C(O)C(O)NC. The van der Waals surface area contributed by atoms with Gasteiger partial charge in [-0.15, -0.1) is 0 Å². The molecule has 3 radical (unpaired) electrons. The summed E-state index contributed by atoms with van der Waals surface area (Å²) < 4.78 is 22.1. The van der Waals surface area contributed by atoms with Crippen molar-refractivity contribution in [3.63, 3.8) is 0 Å². The first-order valence-electron chi connectivity index (χ1n) is 15.1. The Bertz CT molecular complexity index is 652.